The van der Waals surface area contributed by atoms with Gasteiger partial charge in [0.25, 0.3) is 0 Å². The molecule has 0 aliphatic heterocycles. The SMILES string of the molecule is BrCCNC(CBr)c1ccccc1. The molecule has 0 aliphatic rings. The molecular formula is C10H13Br2N. The fourth-order valence-corrected chi connectivity index (χ4v) is 2.01. The fourth-order valence-electron chi connectivity index (χ4n) is 1.18. The van der Waals surface area contributed by atoms with Crippen molar-refractivity contribution in [2.24, 2.45) is 0 Å². The minimum atomic E-state index is 0.416. The topological polar surface area (TPSA) is 12.0 Å². The zero-order valence-electron chi connectivity index (χ0n) is 7.34. The molecule has 0 radical (unpaired) electrons. The molecule has 0 aromatic heterocycles. The summed E-state index contributed by atoms with van der Waals surface area (Å²) in [5.74, 6) is 0. The molecule has 13 heavy (non-hydrogen) atoms. The molecule has 0 saturated heterocycles. The van der Waals surface area contributed by atoms with Crippen molar-refractivity contribution in [1.82, 2.24) is 5.32 Å². The minimum absolute atomic E-state index is 0.416. The summed E-state index contributed by atoms with van der Waals surface area (Å²) in [6, 6.07) is 10.9. The second-order valence-electron chi connectivity index (χ2n) is 2.76. The lowest BCUT2D eigenvalue weighted by Gasteiger charge is -2.15. The molecular weight excluding hydrogens is 294 g/mol. The molecule has 1 unspecified atom stereocenters. The molecule has 1 rings (SSSR count). The van der Waals surface area contributed by atoms with Crippen molar-refractivity contribution < 1.29 is 0 Å². The monoisotopic (exact) mass is 305 g/mol. The Morgan fingerprint density at radius 2 is 1.85 bits per heavy atom. The number of hydrogen-bond donors (Lipinski definition) is 1. The lowest BCUT2D eigenvalue weighted by Crippen LogP contribution is -2.24. The van der Waals surface area contributed by atoms with Gasteiger partial charge in [-0.1, -0.05) is 62.2 Å². The summed E-state index contributed by atoms with van der Waals surface area (Å²) >= 11 is 6.91. The third kappa shape index (κ3) is 3.79. The molecule has 0 heterocycles. The maximum Gasteiger partial charge on any atom is 0.0418 e. The van der Waals surface area contributed by atoms with E-state index in [2.05, 4.69) is 61.4 Å². The summed E-state index contributed by atoms with van der Waals surface area (Å²) in [5.41, 5.74) is 1.33. The molecule has 0 spiro atoms. The molecule has 0 bridgehead atoms. The molecule has 72 valence electrons. The summed E-state index contributed by atoms with van der Waals surface area (Å²) in [6.45, 7) is 0.991. The highest BCUT2D eigenvalue weighted by Gasteiger charge is 2.06. The molecule has 0 fully saturated rings. The van der Waals surface area contributed by atoms with Crippen LogP contribution in [0.2, 0.25) is 0 Å². The Morgan fingerprint density at radius 3 is 2.38 bits per heavy atom. The zero-order valence-corrected chi connectivity index (χ0v) is 10.5. The maximum atomic E-state index is 3.50. The Labute approximate surface area is 96.2 Å². The first-order valence-corrected chi connectivity index (χ1v) is 6.53. The molecule has 1 N–H and O–H groups in total. The van der Waals surface area contributed by atoms with Crippen LogP contribution in [0, 0.1) is 0 Å². The van der Waals surface area contributed by atoms with Crippen molar-refractivity contribution in [2.75, 3.05) is 17.2 Å². The van der Waals surface area contributed by atoms with Crippen LogP contribution in [0.5, 0.6) is 0 Å². The van der Waals surface area contributed by atoms with Crippen LogP contribution in [0.15, 0.2) is 30.3 Å². The largest absolute Gasteiger partial charge is 0.308 e. The van der Waals surface area contributed by atoms with E-state index in [0.717, 1.165) is 17.2 Å². The van der Waals surface area contributed by atoms with Gasteiger partial charge in [0.15, 0.2) is 0 Å². The Hall–Kier alpha value is 0.140. The Morgan fingerprint density at radius 1 is 1.15 bits per heavy atom. The number of nitrogens with one attached hydrogen (secondary N) is 1. The predicted octanol–water partition coefficient (Wildman–Crippen LogP) is 3.11. The Balaban J connectivity index is 2.56. The van der Waals surface area contributed by atoms with Crippen molar-refractivity contribution >= 4 is 31.9 Å². The molecule has 1 atom stereocenters. The van der Waals surface area contributed by atoms with Gasteiger partial charge < -0.3 is 5.32 Å². The van der Waals surface area contributed by atoms with E-state index in [4.69, 9.17) is 0 Å². The van der Waals surface area contributed by atoms with Crippen LogP contribution in [0.4, 0.5) is 0 Å². The molecule has 0 aliphatic carbocycles. The van der Waals surface area contributed by atoms with E-state index < -0.39 is 0 Å². The lowest BCUT2D eigenvalue weighted by molar-refractivity contribution is 0.613. The van der Waals surface area contributed by atoms with E-state index in [1.807, 2.05) is 6.07 Å². The average Bonchev–Trinajstić information content (AvgIpc) is 2.21. The quantitative estimate of drug-likeness (QED) is 0.824. The number of halogens is 2. The van der Waals surface area contributed by atoms with Gasteiger partial charge in [0.05, 0.1) is 0 Å². The second-order valence-corrected chi connectivity index (χ2v) is 4.20. The van der Waals surface area contributed by atoms with Gasteiger partial charge in [-0.2, -0.15) is 0 Å². The highest BCUT2D eigenvalue weighted by Crippen LogP contribution is 2.14. The number of rotatable bonds is 5. The van der Waals surface area contributed by atoms with Crippen molar-refractivity contribution in [1.29, 1.82) is 0 Å². The highest BCUT2D eigenvalue weighted by atomic mass is 79.9. The standard InChI is InChI=1S/C10H13Br2N/c11-6-7-13-10(8-12)9-4-2-1-3-5-9/h1-5,10,13H,6-8H2. The normalized spacial score (nSPS) is 12.8. The van der Waals surface area contributed by atoms with Gasteiger partial charge in [0.1, 0.15) is 0 Å². The van der Waals surface area contributed by atoms with E-state index in [9.17, 15) is 0 Å². The average molecular weight is 307 g/mol. The van der Waals surface area contributed by atoms with Crippen LogP contribution >= 0.6 is 31.9 Å². The molecule has 1 aromatic carbocycles. The van der Waals surface area contributed by atoms with Crippen molar-refractivity contribution in [3.8, 4) is 0 Å². The molecule has 0 saturated carbocycles. The first kappa shape index (κ1) is 11.2. The van der Waals surface area contributed by atoms with Crippen LogP contribution in [-0.4, -0.2) is 17.2 Å². The van der Waals surface area contributed by atoms with E-state index in [-0.39, 0.29) is 0 Å². The second kappa shape index (κ2) is 6.57. The summed E-state index contributed by atoms with van der Waals surface area (Å²) in [4.78, 5) is 0. The van der Waals surface area contributed by atoms with Crippen molar-refractivity contribution in [2.45, 2.75) is 6.04 Å². The van der Waals surface area contributed by atoms with E-state index in [1.165, 1.54) is 5.56 Å². The van der Waals surface area contributed by atoms with Gasteiger partial charge in [0, 0.05) is 23.2 Å². The lowest BCUT2D eigenvalue weighted by atomic mass is 10.1. The summed E-state index contributed by atoms with van der Waals surface area (Å²) in [5, 5.41) is 5.38. The van der Waals surface area contributed by atoms with Gasteiger partial charge in [-0.05, 0) is 5.56 Å². The van der Waals surface area contributed by atoms with Crippen LogP contribution in [-0.2, 0) is 0 Å². The number of alkyl halides is 2. The molecule has 0 amide bonds. The smallest absolute Gasteiger partial charge is 0.0418 e. The summed E-state index contributed by atoms with van der Waals surface area (Å²) < 4.78 is 0. The van der Waals surface area contributed by atoms with Gasteiger partial charge >= 0.3 is 0 Å². The van der Waals surface area contributed by atoms with Crippen LogP contribution < -0.4 is 5.32 Å². The Kier molecular flexibility index (Phi) is 5.67. The highest BCUT2D eigenvalue weighted by molar-refractivity contribution is 9.09. The summed E-state index contributed by atoms with van der Waals surface area (Å²) in [6.07, 6.45) is 0. The summed E-state index contributed by atoms with van der Waals surface area (Å²) in [7, 11) is 0. The maximum absolute atomic E-state index is 3.50. The van der Waals surface area contributed by atoms with Crippen molar-refractivity contribution in [3.63, 3.8) is 0 Å². The van der Waals surface area contributed by atoms with E-state index in [1.54, 1.807) is 0 Å². The van der Waals surface area contributed by atoms with Gasteiger partial charge in [0.2, 0.25) is 0 Å². The van der Waals surface area contributed by atoms with Crippen LogP contribution in [0.1, 0.15) is 11.6 Å². The Bertz CT molecular complexity index is 226. The zero-order chi connectivity index (χ0) is 9.52. The predicted molar refractivity (Wildman–Crippen MR) is 64.8 cm³/mol. The number of benzene rings is 1. The molecule has 1 nitrogen and oxygen atoms in total. The molecule has 1 aromatic rings. The van der Waals surface area contributed by atoms with E-state index in [0.29, 0.717) is 6.04 Å². The van der Waals surface area contributed by atoms with Crippen LogP contribution in [0.3, 0.4) is 0 Å². The van der Waals surface area contributed by atoms with Crippen LogP contribution in [0.25, 0.3) is 0 Å². The number of hydrogen-bond acceptors (Lipinski definition) is 1. The molecule has 3 heteroatoms. The third-order valence-electron chi connectivity index (χ3n) is 1.84. The van der Waals surface area contributed by atoms with Gasteiger partial charge in [-0.15, -0.1) is 0 Å². The van der Waals surface area contributed by atoms with Crippen molar-refractivity contribution in [3.05, 3.63) is 35.9 Å². The third-order valence-corrected chi connectivity index (χ3v) is 2.89. The minimum Gasteiger partial charge on any atom is -0.308 e. The van der Waals surface area contributed by atoms with Gasteiger partial charge in [-0.25, -0.2) is 0 Å². The fraction of sp³-hybridized carbons (Fsp3) is 0.400. The van der Waals surface area contributed by atoms with E-state index >= 15 is 0 Å². The van der Waals surface area contributed by atoms with Gasteiger partial charge in [-0.3, -0.25) is 0 Å². The first-order valence-electron chi connectivity index (χ1n) is 4.28. The first-order chi connectivity index (χ1) is 6.38.